The van der Waals surface area contributed by atoms with E-state index in [1.54, 1.807) is 26.0 Å². The lowest BCUT2D eigenvalue weighted by molar-refractivity contribution is 0.102. The Morgan fingerprint density at radius 2 is 1.75 bits per heavy atom. The van der Waals surface area contributed by atoms with E-state index in [2.05, 4.69) is 17.0 Å². The van der Waals surface area contributed by atoms with Gasteiger partial charge in [0, 0.05) is 17.3 Å². The van der Waals surface area contributed by atoms with E-state index in [4.69, 9.17) is 0 Å². The summed E-state index contributed by atoms with van der Waals surface area (Å²) in [6, 6.07) is 13.3. The van der Waals surface area contributed by atoms with Gasteiger partial charge in [0.1, 0.15) is 0 Å². The largest absolute Gasteiger partial charge is 0.322 e. The fourth-order valence-corrected chi connectivity index (χ4v) is 3.51. The number of aryl methyl sites for hydroxylation is 1. The van der Waals surface area contributed by atoms with Gasteiger partial charge in [-0.3, -0.25) is 4.79 Å². The van der Waals surface area contributed by atoms with Gasteiger partial charge in [-0.25, -0.2) is 13.1 Å². The average Bonchev–Trinajstić information content (AvgIpc) is 2.54. The highest BCUT2D eigenvalue weighted by molar-refractivity contribution is 7.89. The van der Waals surface area contributed by atoms with Gasteiger partial charge in [-0.15, -0.1) is 0 Å². The Bertz CT molecular complexity index is 812. The van der Waals surface area contributed by atoms with Gasteiger partial charge in [0.15, 0.2) is 0 Å². The van der Waals surface area contributed by atoms with Gasteiger partial charge in [0.2, 0.25) is 10.0 Å². The lowest BCUT2D eigenvalue weighted by atomic mass is 10.1. The summed E-state index contributed by atoms with van der Waals surface area (Å²) in [5.41, 5.74) is 2.15. The Morgan fingerprint density at radius 1 is 1.08 bits per heavy atom. The molecule has 2 aromatic rings. The Labute approximate surface area is 143 Å². The van der Waals surface area contributed by atoms with Crippen LogP contribution in [0.4, 0.5) is 5.69 Å². The van der Waals surface area contributed by atoms with Crippen molar-refractivity contribution in [3.05, 3.63) is 59.7 Å². The fourth-order valence-electron chi connectivity index (χ4n) is 2.21. The van der Waals surface area contributed by atoms with E-state index in [0.717, 1.165) is 6.42 Å². The van der Waals surface area contributed by atoms with Gasteiger partial charge < -0.3 is 5.32 Å². The minimum absolute atomic E-state index is 0.0742. The van der Waals surface area contributed by atoms with E-state index in [-0.39, 0.29) is 16.8 Å². The first-order valence-electron chi connectivity index (χ1n) is 7.84. The van der Waals surface area contributed by atoms with Crippen molar-refractivity contribution >= 4 is 21.6 Å². The third-order valence-corrected chi connectivity index (χ3v) is 5.07. The Morgan fingerprint density at radius 3 is 2.33 bits per heavy atom. The predicted octanol–water partition coefficient (Wildman–Crippen LogP) is 3.19. The van der Waals surface area contributed by atoms with E-state index >= 15 is 0 Å². The first-order chi connectivity index (χ1) is 11.3. The molecule has 2 N–H and O–H groups in total. The fraction of sp³-hybridized carbons (Fsp3) is 0.278. The molecule has 0 spiro atoms. The van der Waals surface area contributed by atoms with Crippen LogP contribution < -0.4 is 10.0 Å². The van der Waals surface area contributed by atoms with Crippen LogP contribution in [0.15, 0.2) is 53.4 Å². The van der Waals surface area contributed by atoms with Crippen molar-refractivity contribution in [3.63, 3.8) is 0 Å². The summed E-state index contributed by atoms with van der Waals surface area (Å²) < 4.78 is 26.9. The van der Waals surface area contributed by atoms with Gasteiger partial charge in [0.25, 0.3) is 5.91 Å². The Balaban J connectivity index is 2.19. The van der Waals surface area contributed by atoms with Gasteiger partial charge in [-0.2, -0.15) is 0 Å². The molecule has 5 nitrogen and oxygen atoms in total. The van der Waals surface area contributed by atoms with Crippen LogP contribution in [0.1, 0.15) is 36.7 Å². The molecule has 0 aliphatic heterocycles. The number of anilines is 1. The molecule has 24 heavy (non-hydrogen) atoms. The standard InChI is InChI=1S/C18H22N2O3S/c1-4-14-8-10-16(11-9-14)19-18(21)15-6-5-7-17(12-15)24(22,23)20-13(2)3/h5-13,20H,4H2,1-3H3,(H,19,21). The third-order valence-electron chi connectivity index (χ3n) is 3.42. The molecule has 0 saturated carbocycles. The van der Waals surface area contributed by atoms with Crippen molar-refractivity contribution in [2.75, 3.05) is 5.32 Å². The summed E-state index contributed by atoms with van der Waals surface area (Å²) >= 11 is 0. The quantitative estimate of drug-likeness (QED) is 0.843. The highest BCUT2D eigenvalue weighted by atomic mass is 32.2. The van der Waals surface area contributed by atoms with Crippen molar-refractivity contribution in [1.82, 2.24) is 4.72 Å². The normalized spacial score (nSPS) is 11.5. The summed E-state index contributed by atoms with van der Waals surface area (Å²) in [6.45, 7) is 5.55. The van der Waals surface area contributed by atoms with Crippen LogP contribution in [-0.4, -0.2) is 20.4 Å². The number of hydrogen-bond acceptors (Lipinski definition) is 3. The summed E-state index contributed by atoms with van der Waals surface area (Å²) in [6.07, 6.45) is 0.928. The number of carbonyl (C=O) groups excluding carboxylic acids is 1. The lowest BCUT2D eigenvalue weighted by Gasteiger charge is -2.11. The first kappa shape index (κ1) is 18.2. The molecule has 0 fully saturated rings. The molecule has 0 aliphatic carbocycles. The van der Waals surface area contributed by atoms with Crippen LogP contribution in [0, 0.1) is 0 Å². The lowest BCUT2D eigenvalue weighted by Crippen LogP contribution is -2.30. The summed E-state index contributed by atoms with van der Waals surface area (Å²) in [5, 5.41) is 2.77. The van der Waals surface area contributed by atoms with Crippen molar-refractivity contribution < 1.29 is 13.2 Å². The molecule has 2 rings (SSSR count). The van der Waals surface area contributed by atoms with E-state index in [9.17, 15) is 13.2 Å². The molecule has 2 aromatic carbocycles. The summed E-state index contributed by atoms with van der Waals surface area (Å²) in [4.78, 5) is 12.4. The smallest absolute Gasteiger partial charge is 0.255 e. The predicted molar refractivity (Wildman–Crippen MR) is 95.7 cm³/mol. The van der Waals surface area contributed by atoms with Crippen LogP contribution in [0.25, 0.3) is 0 Å². The van der Waals surface area contributed by atoms with Crippen molar-refractivity contribution in [2.45, 2.75) is 38.1 Å². The Kier molecular flexibility index (Phi) is 5.75. The molecule has 0 atom stereocenters. The van der Waals surface area contributed by atoms with E-state index < -0.39 is 10.0 Å². The van der Waals surface area contributed by atoms with Crippen LogP contribution >= 0.6 is 0 Å². The summed E-state index contributed by atoms with van der Waals surface area (Å²) in [7, 11) is -3.63. The van der Waals surface area contributed by atoms with Crippen molar-refractivity contribution in [3.8, 4) is 0 Å². The molecule has 6 heteroatoms. The number of sulfonamides is 1. The monoisotopic (exact) mass is 346 g/mol. The van der Waals surface area contributed by atoms with Crippen LogP contribution in [0.2, 0.25) is 0 Å². The van der Waals surface area contributed by atoms with Gasteiger partial charge >= 0.3 is 0 Å². The highest BCUT2D eigenvalue weighted by Gasteiger charge is 2.17. The molecular weight excluding hydrogens is 324 g/mol. The first-order valence-corrected chi connectivity index (χ1v) is 9.33. The number of nitrogens with one attached hydrogen (secondary N) is 2. The number of hydrogen-bond donors (Lipinski definition) is 2. The maximum Gasteiger partial charge on any atom is 0.255 e. The topological polar surface area (TPSA) is 75.3 Å². The molecule has 128 valence electrons. The van der Waals surface area contributed by atoms with E-state index in [0.29, 0.717) is 11.3 Å². The highest BCUT2D eigenvalue weighted by Crippen LogP contribution is 2.15. The maximum atomic E-state index is 12.3. The molecule has 0 saturated heterocycles. The van der Waals surface area contributed by atoms with Crippen molar-refractivity contribution in [2.24, 2.45) is 0 Å². The second-order valence-electron chi connectivity index (χ2n) is 5.81. The average molecular weight is 346 g/mol. The molecular formula is C18H22N2O3S. The Hall–Kier alpha value is -2.18. The zero-order valence-electron chi connectivity index (χ0n) is 14.0. The van der Waals surface area contributed by atoms with Gasteiger partial charge in [-0.1, -0.05) is 25.1 Å². The molecule has 0 radical (unpaired) electrons. The zero-order valence-corrected chi connectivity index (χ0v) is 14.9. The second-order valence-corrected chi connectivity index (χ2v) is 7.52. The minimum atomic E-state index is -3.63. The van der Waals surface area contributed by atoms with Crippen molar-refractivity contribution in [1.29, 1.82) is 0 Å². The number of carbonyl (C=O) groups is 1. The zero-order chi connectivity index (χ0) is 17.7. The summed E-state index contributed by atoms with van der Waals surface area (Å²) in [5.74, 6) is -0.346. The van der Waals surface area contributed by atoms with Gasteiger partial charge in [-0.05, 0) is 56.2 Å². The number of rotatable bonds is 6. The maximum absolute atomic E-state index is 12.3. The van der Waals surface area contributed by atoms with Crippen LogP contribution in [-0.2, 0) is 16.4 Å². The molecule has 0 aliphatic rings. The van der Waals surface area contributed by atoms with E-state index in [1.807, 2.05) is 24.3 Å². The minimum Gasteiger partial charge on any atom is -0.322 e. The molecule has 0 aromatic heterocycles. The number of amides is 1. The molecule has 0 unspecified atom stereocenters. The SMILES string of the molecule is CCc1ccc(NC(=O)c2cccc(S(=O)(=O)NC(C)C)c2)cc1. The molecule has 0 heterocycles. The van der Waals surface area contributed by atoms with E-state index in [1.165, 1.54) is 17.7 Å². The second kappa shape index (κ2) is 7.59. The molecule has 1 amide bonds. The van der Waals surface area contributed by atoms with Crippen LogP contribution in [0.3, 0.4) is 0 Å². The van der Waals surface area contributed by atoms with Crippen LogP contribution in [0.5, 0.6) is 0 Å². The molecule has 0 bridgehead atoms. The van der Waals surface area contributed by atoms with Gasteiger partial charge in [0.05, 0.1) is 4.90 Å². The third kappa shape index (κ3) is 4.66. The number of benzene rings is 2.